The van der Waals surface area contributed by atoms with Crippen molar-refractivity contribution >= 4 is 23.0 Å². The first-order valence-electron chi connectivity index (χ1n) is 8.78. The second kappa shape index (κ2) is 7.40. The lowest BCUT2D eigenvalue weighted by Gasteiger charge is -2.39. The molecule has 0 bridgehead atoms. The van der Waals surface area contributed by atoms with E-state index in [1.807, 2.05) is 59.6 Å². The third kappa shape index (κ3) is 3.40. The minimum atomic E-state index is -0.277. The summed E-state index contributed by atoms with van der Waals surface area (Å²) in [5, 5.41) is 3.83. The summed E-state index contributed by atoms with van der Waals surface area (Å²) in [6.45, 7) is 1.49. The molecule has 1 atom stereocenters. The maximum Gasteiger partial charge on any atom is 0.174 e. The van der Waals surface area contributed by atoms with Crippen LogP contribution in [0.25, 0.3) is 0 Å². The molecule has 0 saturated heterocycles. The molecule has 1 aliphatic heterocycles. The van der Waals surface area contributed by atoms with E-state index >= 15 is 0 Å². The van der Waals surface area contributed by atoms with Crippen molar-refractivity contribution in [2.24, 2.45) is 0 Å². The zero-order valence-electron chi connectivity index (χ0n) is 14.9. The van der Waals surface area contributed by atoms with Gasteiger partial charge in [0.1, 0.15) is 11.6 Å². The first kappa shape index (κ1) is 17.5. The van der Waals surface area contributed by atoms with Crippen molar-refractivity contribution in [1.29, 1.82) is 0 Å². The molecule has 0 radical (unpaired) electrons. The molecule has 0 amide bonds. The smallest absolute Gasteiger partial charge is 0.174 e. The second-order valence-electron chi connectivity index (χ2n) is 6.41. The van der Waals surface area contributed by atoms with Crippen LogP contribution in [-0.2, 0) is 6.54 Å². The van der Waals surface area contributed by atoms with Crippen LogP contribution in [0.2, 0.25) is 0 Å². The standard InChI is InChI=1S/C21H20FN3OS/c1-26-16-7-4-6-15(14-16)23-21(27)25-13-12-24-11-5-10-19(24)20(25)17-8-2-3-9-18(17)22/h2-11,14,20H,12-13H2,1H3,(H,23,27)/t20-/m0/s1. The summed E-state index contributed by atoms with van der Waals surface area (Å²) in [5.41, 5.74) is 2.49. The molecular weight excluding hydrogens is 361 g/mol. The van der Waals surface area contributed by atoms with Gasteiger partial charge in [-0.2, -0.15) is 0 Å². The fourth-order valence-corrected chi connectivity index (χ4v) is 3.84. The summed E-state index contributed by atoms with van der Waals surface area (Å²) in [6.07, 6.45) is 2.03. The fraction of sp³-hybridized carbons (Fsp3) is 0.190. The number of fused-ring (bicyclic) bond motifs is 1. The van der Waals surface area contributed by atoms with Gasteiger partial charge in [-0.15, -0.1) is 0 Å². The molecular formula is C21H20FN3OS. The molecule has 0 aliphatic carbocycles. The van der Waals surface area contributed by atoms with Crippen LogP contribution in [0.3, 0.4) is 0 Å². The second-order valence-corrected chi connectivity index (χ2v) is 6.79. The van der Waals surface area contributed by atoms with E-state index in [0.717, 1.165) is 23.7 Å². The number of rotatable bonds is 3. The minimum Gasteiger partial charge on any atom is -0.497 e. The fourth-order valence-electron chi connectivity index (χ4n) is 3.52. The van der Waals surface area contributed by atoms with Crippen LogP contribution >= 0.6 is 12.2 Å². The number of halogens is 1. The van der Waals surface area contributed by atoms with Crippen molar-refractivity contribution < 1.29 is 9.13 Å². The Morgan fingerprint density at radius 2 is 1.96 bits per heavy atom. The number of hydrogen-bond acceptors (Lipinski definition) is 2. The highest BCUT2D eigenvalue weighted by atomic mass is 32.1. The Balaban J connectivity index is 1.68. The lowest BCUT2D eigenvalue weighted by molar-refractivity contribution is 0.288. The monoisotopic (exact) mass is 381 g/mol. The van der Waals surface area contributed by atoms with Gasteiger partial charge >= 0.3 is 0 Å². The van der Waals surface area contributed by atoms with Crippen LogP contribution in [-0.4, -0.2) is 28.2 Å². The van der Waals surface area contributed by atoms with Gasteiger partial charge in [-0.1, -0.05) is 24.3 Å². The molecule has 4 rings (SSSR count). The maximum atomic E-state index is 14.6. The molecule has 0 saturated carbocycles. The van der Waals surface area contributed by atoms with E-state index in [-0.39, 0.29) is 11.9 Å². The van der Waals surface area contributed by atoms with Crippen LogP contribution in [0.15, 0.2) is 66.9 Å². The summed E-state index contributed by atoms with van der Waals surface area (Å²) < 4.78 is 22.0. The predicted molar refractivity (Wildman–Crippen MR) is 109 cm³/mol. The van der Waals surface area contributed by atoms with Gasteiger partial charge in [-0.3, -0.25) is 0 Å². The number of thiocarbonyl (C=S) groups is 1. The van der Waals surface area contributed by atoms with Gasteiger partial charge in [0.2, 0.25) is 0 Å². The highest BCUT2D eigenvalue weighted by Crippen LogP contribution is 2.34. The normalized spacial score (nSPS) is 15.9. The lowest BCUT2D eigenvalue weighted by atomic mass is 10.00. The Morgan fingerprint density at radius 1 is 1.11 bits per heavy atom. The summed E-state index contributed by atoms with van der Waals surface area (Å²) in [6, 6.07) is 18.2. The van der Waals surface area contributed by atoms with Gasteiger partial charge in [0, 0.05) is 42.3 Å². The maximum absolute atomic E-state index is 14.6. The van der Waals surface area contributed by atoms with Crippen molar-refractivity contribution in [2.75, 3.05) is 19.0 Å². The zero-order chi connectivity index (χ0) is 18.8. The molecule has 4 nitrogen and oxygen atoms in total. The molecule has 1 N–H and O–H groups in total. The van der Waals surface area contributed by atoms with E-state index in [1.54, 1.807) is 13.2 Å². The van der Waals surface area contributed by atoms with E-state index < -0.39 is 0 Å². The summed E-state index contributed by atoms with van der Waals surface area (Å²) in [4.78, 5) is 2.04. The van der Waals surface area contributed by atoms with Crippen molar-refractivity contribution in [3.8, 4) is 5.75 Å². The van der Waals surface area contributed by atoms with Gasteiger partial charge in [-0.25, -0.2) is 4.39 Å². The summed E-state index contributed by atoms with van der Waals surface area (Å²) in [7, 11) is 1.63. The topological polar surface area (TPSA) is 29.4 Å². The van der Waals surface area contributed by atoms with Gasteiger partial charge in [0.05, 0.1) is 13.2 Å². The van der Waals surface area contributed by atoms with Gasteiger partial charge < -0.3 is 19.5 Å². The minimum absolute atomic E-state index is 0.230. The Labute approximate surface area is 163 Å². The largest absolute Gasteiger partial charge is 0.497 e. The molecule has 27 heavy (non-hydrogen) atoms. The zero-order valence-corrected chi connectivity index (χ0v) is 15.7. The molecule has 0 fully saturated rings. The molecule has 3 aromatic rings. The highest BCUT2D eigenvalue weighted by molar-refractivity contribution is 7.80. The Bertz CT molecular complexity index is 971. The number of nitrogens with one attached hydrogen (secondary N) is 1. The lowest BCUT2D eigenvalue weighted by Crippen LogP contribution is -2.44. The third-order valence-corrected chi connectivity index (χ3v) is 5.16. The van der Waals surface area contributed by atoms with Crippen molar-refractivity contribution in [3.05, 3.63) is 83.9 Å². The van der Waals surface area contributed by atoms with Crippen LogP contribution in [0.5, 0.6) is 5.75 Å². The van der Waals surface area contributed by atoms with Crippen LogP contribution in [0.4, 0.5) is 10.1 Å². The van der Waals surface area contributed by atoms with Gasteiger partial charge in [0.25, 0.3) is 0 Å². The number of nitrogens with zero attached hydrogens (tertiary/aromatic N) is 2. The molecule has 2 heterocycles. The Kier molecular flexibility index (Phi) is 4.81. The molecule has 0 spiro atoms. The Morgan fingerprint density at radius 3 is 2.78 bits per heavy atom. The van der Waals surface area contributed by atoms with E-state index in [0.29, 0.717) is 17.2 Å². The number of benzene rings is 2. The van der Waals surface area contributed by atoms with Gasteiger partial charge in [0.15, 0.2) is 5.11 Å². The number of aromatic nitrogens is 1. The molecule has 1 aromatic heterocycles. The first-order chi connectivity index (χ1) is 13.2. The van der Waals surface area contributed by atoms with E-state index in [2.05, 4.69) is 9.88 Å². The van der Waals surface area contributed by atoms with Crippen LogP contribution in [0, 0.1) is 5.82 Å². The summed E-state index contributed by atoms with van der Waals surface area (Å²) in [5.74, 6) is 0.521. The van der Waals surface area contributed by atoms with Crippen LogP contribution < -0.4 is 10.1 Å². The third-order valence-electron chi connectivity index (χ3n) is 4.82. The van der Waals surface area contributed by atoms with Crippen molar-refractivity contribution in [2.45, 2.75) is 12.6 Å². The number of methoxy groups -OCH3 is 1. The molecule has 138 valence electrons. The molecule has 1 aliphatic rings. The average molecular weight is 381 g/mol. The van der Waals surface area contributed by atoms with Crippen molar-refractivity contribution in [1.82, 2.24) is 9.47 Å². The Hall–Kier alpha value is -2.86. The van der Waals surface area contributed by atoms with E-state index in [4.69, 9.17) is 17.0 Å². The number of ether oxygens (including phenoxy) is 1. The summed E-state index contributed by atoms with van der Waals surface area (Å²) >= 11 is 5.70. The van der Waals surface area contributed by atoms with Gasteiger partial charge in [-0.05, 0) is 42.5 Å². The quantitative estimate of drug-likeness (QED) is 0.680. The van der Waals surface area contributed by atoms with Crippen LogP contribution in [0.1, 0.15) is 17.3 Å². The number of hydrogen-bond donors (Lipinski definition) is 1. The van der Waals surface area contributed by atoms with Crippen molar-refractivity contribution in [3.63, 3.8) is 0 Å². The number of anilines is 1. The highest BCUT2D eigenvalue weighted by Gasteiger charge is 2.32. The first-order valence-corrected chi connectivity index (χ1v) is 9.19. The molecule has 2 aromatic carbocycles. The van der Waals surface area contributed by atoms with E-state index in [9.17, 15) is 4.39 Å². The SMILES string of the molecule is COc1cccc(NC(=S)N2CCn3cccc3[C@@H]2c2ccccc2F)c1. The molecule has 6 heteroatoms. The average Bonchev–Trinajstić information content (AvgIpc) is 3.17. The predicted octanol–water partition coefficient (Wildman–Crippen LogP) is 4.44. The molecule has 0 unspecified atom stereocenters. The van der Waals surface area contributed by atoms with E-state index in [1.165, 1.54) is 6.07 Å².